The second-order valence-corrected chi connectivity index (χ2v) is 6.14. The molecule has 0 saturated carbocycles. The molecular weight excluding hydrogens is 316 g/mol. The van der Waals surface area contributed by atoms with Crippen LogP contribution < -0.4 is 10.9 Å². The summed E-state index contributed by atoms with van der Waals surface area (Å²) in [7, 11) is 0. The van der Waals surface area contributed by atoms with Crippen LogP contribution in [0.15, 0.2) is 64.2 Å². The topological polar surface area (TPSA) is 85.9 Å². The maximum atomic E-state index is 11.9. The van der Waals surface area contributed by atoms with E-state index in [0.717, 1.165) is 38.1 Å². The summed E-state index contributed by atoms with van der Waals surface area (Å²) in [5.41, 5.74) is 2.82. The molecule has 5 heteroatoms. The van der Waals surface area contributed by atoms with E-state index in [0.29, 0.717) is 5.52 Å². The van der Waals surface area contributed by atoms with E-state index in [1.54, 1.807) is 42.5 Å². The summed E-state index contributed by atoms with van der Waals surface area (Å²) in [6.07, 6.45) is 0. The Bertz CT molecular complexity index is 1440. The molecule has 4 aromatic carbocycles. The Balaban J connectivity index is 2.16. The Morgan fingerprint density at radius 2 is 1.16 bits per heavy atom. The summed E-state index contributed by atoms with van der Waals surface area (Å²) < 4.78 is 0. The minimum atomic E-state index is -0.0852. The molecule has 0 aliphatic rings. The quantitative estimate of drug-likeness (QED) is 0.301. The molecule has 0 radical (unpaired) electrons. The van der Waals surface area contributed by atoms with Crippen LogP contribution >= 0.6 is 0 Å². The van der Waals surface area contributed by atoms with Crippen molar-refractivity contribution in [2.45, 2.75) is 0 Å². The summed E-state index contributed by atoms with van der Waals surface area (Å²) in [5, 5.41) is 13.1. The number of aromatic amines is 2. The van der Waals surface area contributed by atoms with Crippen molar-refractivity contribution in [2.75, 3.05) is 0 Å². The molecule has 0 aliphatic carbocycles. The molecule has 120 valence electrons. The third-order valence-corrected chi connectivity index (χ3v) is 4.58. The number of hydrogen-bond donors (Lipinski definition) is 3. The predicted molar refractivity (Wildman–Crippen MR) is 99.4 cm³/mol. The first kappa shape index (κ1) is 13.8. The highest BCUT2D eigenvalue weighted by molar-refractivity contribution is 6.23. The number of H-pyrrole nitrogens is 2. The van der Waals surface area contributed by atoms with E-state index in [-0.39, 0.29) is 16.6 Å². The van der Waals surface area contributed by atoms with Crippen molar-refractivity contribution in [1.82, 2.24) is 9.97 Å². The third kappa shape index (κ3) is 1.96. The lowest BCUT2D eigenvalue weighted by atomic mass is 9.99. The molecule has 5 aromatic rings. The zero-order valence-corrected chi connectivity index (χ0v) is 13.0. The van der Waals surface area contributed by atoms with Crippen molar-refractivity contribution < 1.29 is 5.11 Å². The molecule has 5 nitrogen and oxygen atoms in total. The van der Waals surface area contributed by atoms with Gasteiger partial charge >= 0.3 is 0 Å². The van der Waals surface area contributed by atoms with Gasteiger partial charge in [-0.1, -0.05) is 0 Å². The van der Waals surface area contributed by atoms with Gasteiger partial charge in [0.15, 0.2) is 10.9 Å². The van der Waals surface area contributed by atoms with E-state index < -0.39 is 0 Å². The number of hydrogen-bond acceptors (Lipinski definition) is 3. The van der Waals surface area contributed by atoms with E-state index >= 15 is 0 Å². The van der Waals surface area contributed by atoms with Gasteiger partial charge in [0.2, 0.25) is 0 Å². The van der Waals surface area contributed by atoms with Crippen molar-refractivity contribution in [3.8, 4) is 5.75 Å². The molecule has 0 spiro atoms. The number of fused-ring (bicyclic) bond motifs is 7. The summed E-state index contributed by atoms with van der Waals surface area (Å²) in [4.78, 5) is 30.5. The van der Waals surface area contributed by atoms with Crippen LogP contribution in [0.4, 0.5) is 0 Å². The van der Waals surface area contributed by atoms with Gasteiger partial charge in [0.25, 0.3) is 0 Å². The highest BCUT2D eigenvalue weighted by Crippen LogP contribution is 2.33. The predicted octanol–water partition coefficient (Wildman–Crippen LogP) is 3.38. The largest absolute Gasteiger partial charge is 0.508 e. The lowest BCUT2D eigenvalue weighted by Gasteiger charge is -2.11. The van der Waals surface area contributed by atoms with E-state index in [9.17, 15) is 14.7 Å². The molecule has 0 bridgehead atoms. The average Bonchev–Trinajstić information content (AvgIpc) is 2.60. The van der Waals surface area contributed by atoms with Crippen LogP contribution in [-0.2, 0) is 0 Å². The fraction of sp³-hybridized carbons (Fsp3) is 0. The van der Waals surface area contributed by atoms with E-state index in [4.69, 9.17) is 0 Å². The van der Waals surface area contributed by atoms with Crippen molar-refractivity contribution in [1.29, 1.82) is 0 Å². The Morgan fingerprint density at radius 1 is 0.600 bits per heavy atom. The first-order valence-corrected chi connectivity index (χ1v) is 7.85. The average molecular weight is 328 g/mol. The Morgan fingerprint density at radius 3 is 1.76 bits per heavy atom. The molecule has 5 rings (SSSR count). The van der Waals surface area contributed by atoms with Gasteiger partial charge < -0.3 is 15.1 Å². The first-order chi connectivity index (χ1) is 12.1. The molecule has 0 saturated heterocycles. The van der Waals surface area contributed by atoms with Gasteiger partial charge in [-0.2, -0.15) is 0 Å². The maximum absolute atomic E-state index is 11.9. The number of nitrogens with one attached hydrogen (secondary N) is 2. The second-order valence-electron chi connectivity index (χ2n) is 6.14. The molecule has 0 atom stereocenters. The smallest absolute Gasteiger partial charge is 0.179 e. The zero-order valence-electron chi connectivity index (χ0n) is 13.0. The Labute approximate surface area is 140 Å². The number of benzene rings is 4. The van der Waals surface area contributed by atoms with Crippen LogP contribution in [0.3, 0.4) is 0 Å². The van der Waals surface area contributed by atoms with Gasteiger partial charge in [0.05, 0.1) is 22.1 Å². The first-order valence-electron chi connectivity index (χ1n) is 7.85. The van der Waals surface area contributed by atoms with Crippen LogP contribution in [0.25, 0.3) is 43.6 Å². The van der Waals surface area contributed by atoms with Crippen LogP contribution in [0, 0.1) is 0 Å². The summed E-state index contributed by atoms with van der Waals surface area (Å²) in [6.45, 7) is 0. The van der Waals surface area contributed by atoms with Gasteiger partial charge in [-0.25, -0.2) is 0 Å². The van der Waals surface area contributed by atoms with Gasteiger partial charge in [0, 0.05) is 16.8 Å². The van der Waals surface area contributed by atoms with Crippen molar-refractivity contribution in [3.63, 3.8) is 0 Å². The summed E-state index contributed by atoms with van der Waals surface area (Å²) >= 11 is 0. The Hall–Kier alpha value is -3.60. The molecule has 3 N–H and O–H groups in total. The molecule has 0 aliphatic heterocycles. The minimum absolute atomic E-state index is 0.0761. The maximum Gasteiger partial charge on any atom is 0.179 e. The second kappa shape index (κ2) is 4.70. The lowest BCUT2D eigenvalue weighted by Crippen LogP contribution is -2.00. The normalized spacial score (nSPS) is 11.7. The van der Waals surface area contributed by atoms with Gasteiger partial charge in [-0.05, 0) is 59.3 Å². The zero-order chi connectivity index (χ0) is 17.1. The van der Waals surface area contributed by atoms with Crippen LogP contribution in [-0.4, -0.2) is 15.1 Å². The molecule has 0 unspecified atom stereocenters. The SMILES string of the molecule is O=c1ccc2c3ccc(=O)cc3c3[nH]c4cc(O)ccc4[nH]c3c2c1. The summed E-state index contributed by atoms with van der Waals surface area (Å²) in [6, 6.07) is 14.8. The minimum Gasteiger partial charge on any atom is -0.508 e. The fourth-order valence-corrected chi connectivity index (χ4v) is 3.47. The number of phenols is 1. The molecule has 0 fully saturated rings. The van der Waals surface area contributed by atoms with Gasteiger partial charge in [-0.3, -0.25) is 9.59 Å². The van der Waals surface area contributed by atoms with Crippen LogP contribution in [0.5, 0.6) is 5.75 Å². The van der Waals surface area contributed by atoms with Crippen molar-refractivity contribution >= 4 is 43.6 Å². The van der Waals surface area contributed by atoms with Crippen molar-refractivity contribution in [3.05, 3.63) is 75.0 Å². The number of aromatic nitrogens is 2. The molecular formula is C20H12N2O3. The summed E-state index contributed by atoms with van der Waals surface area (Å²) in [5.74, 6) is 0.146. The number of phenolic OH excluding ortho intramolecular Hbond substituents is 1. The standard InChI is InChI=1S/C20H12N2O3/c23-10-1-4-13-14-5-2-11(24)8-16(14)20-19(15(13)7-10)21-17-6-3-12(25)9-18(17)22-20/h1-9,21-22,25H. The van der Waals surface area contributed by atoms with Gasteiger partial charge in [-0.15, -0.1) is 0 Å². The van der Waals surface area contributed by atoms with Gasteiger partial charge in [0.1, 0.15) is 5.75 Å². The molecule has 0 amide bonds. The van der Waals surface area contributed by atoms with E-state index in [2.05, 4.69) is 9.97 Å². The third-order valence-electron chi connectivity index (χ3n) is 4.58. The number of rotatable bonds is 0. The highest BCUT2D eigenvalue weighted by atomic mass is 16.3. The Kier molecular flexibility index (Phi) is 2.60. The highest BCUT2D eigenvalue weighted by Gasteiger charge is 2.11. The number of aromatic hydroxyl groups is 1. The van der Waals surface area contributed by atoms with Crippen LogP contribution in [0.2, 0.25) is 0 Å². The molecule has 25 heavy (non-hydrogen) atoms. The van der Waals surface area contributed by atoms with Crippen molar-refractivity contribution in [2.24, 2.45) is 0 Å². The molecule has 1 heterocycles. The van der Waals surface area contributed by atoms with Crippen LogP contribution in [0.1, 0.15) is 0 Å². The van der Waals surface area contributed by atoms with E-state index in [1.165, 1.54) is 12.1 Å². The fourth-order valence-electron chi connectivity index (χ4n) is 3.47. The monoisotopic (exact) mass is 328 g/mol. The van der Waals surface area contributed by atoms with E-state index in [1.807, 2.05) is 0 Å². The lowest BCUT2D eigenvalue weighted by molar-refractivity contribution is 0.476. The molecule has 1 aromatic heterocycles.